The highest BCUT2D eigenvalue weighted by atomic mass is 16.2. The van der Waals surface area contributed by atoms with E-state index in [4.69, 9.17) is 0 Å². The van der Waals surface area contributed by atoms with Crippen molar-refractivity contribution in [3.05, 3.63) is 83.4 Å². The van der Waals surface area contributed by atoms with Crippen LogP contribution in [0.1, 0.15) is 21.5 Å². The largest absolute Gasteiger partial charge is 0.352 e. The van der Waals surface area contributed by atoms with Crippen molar-refractivity contribution >= 4 is 22.6 Å². The summed E-state index contributed by atoms with van der Waals surface area (Å²) < 4.78 is 0. The molecule has 3 aromatic rings. The Hall–Kier alpha value is -3.14. The van der Waals surface area contributed by atoms with Crippen molar-refractivity contribution < 1.29 is 9.59 Å². The van der Waals surface area contributed by atoms with Crippen molar-refractivity contribution in [1.29, 1.82) is 0 Å². The molecular weight excluding hydrogens is 324 g/mol. The van der Waals surface area contributed by atoms with Gasteiger partial charge in [-0.25, -0.2) is 0 Å². The van der Waals surface area contributed by atoms with Gasteiger partial charge in [0.25, 0.3) is 5.91 Å². The van der Waals surface area contributed by atoms with Crippen molar-refractivity contribution in [2.45, 2.75) is 13.0 Å². The van der Waals surface area contributed by atoms with Crippen LogP contribution in [0.4, 0.5) is 0 Å². The van der Waals surface area contributed by atoms with Crippen LogP contribution in [0.25, 0.3) is 10.8 Å². The number of carbonyl (C=O) groups excluding carboxylic acids is 2. The van der Waals surface area contributed by atoms with E-state index in [1.807, 2.05) is 54.6 Å². The molecule has 0 bridgehead atoms. The molecule has 0 saturated heterocycles. The zero-order valence-corrected chi connectivity index (χ0v) is 15.0. The monoisotopic (exact) mass is 346 g/mol. The Kier molecular flexibility index (Phi) is 5.32. The van der Waals surface area contributed by atoms with Gasteiger partial charge in [-0.2, -0.15) is 0 Å². The molecule has 3 rings (SSSR count). The van der Waals surface area contributed by atoms with E-state index in [1.165, 1.54) is 0 Å². The maximum absolute atomic E-state index is 12.3. The van der Waals surface area contributed by atoms with Crippen LogP contribution in [0.3, 0.4) is 0 Å². The number of rotatable bonds is 5. The van der Waals surface area contributed by atoms with Crippen LogP contribution in [-0.2, 0) is 17.8 Å². The molecule has 26 heavy (non-hydrogen) atoms. The number of nitrogens with zero attached hydrogens (tertiary/aromatic N) is 1. The molecule has 0 spiro atoms. The Labute approximate surface area is 153 Å². The summed E-state index contributed by atoms with van der Waals surface area (Å²) >= 11 is 0. The second-order valence-electron chi connectivity index (χ2n) is 6.49. The van der Waals surface area contributed by atoms with Crippen LogP contribution >= 0.6 is 0 Å². The van der Waals surface area contributed by atoms with Crippen LogP contribution in [0.2, 0.25) is 0 Å². The summed E-state index contributed by atoms with van der Waals surface area (Å²) in [5.74, 6) is -0.0497. The second-order valence-corrected chi connectivity index (χ2v) is 6.49. The third kappa shape index (κ3) is 4.09. The molecule has 0 radical (unpaired) electrons. The van der Waals surface area contributed by atoms with E-state index in [1.54, 1.807) is 31.1 Å². The first kappa shape index (κ1) is 17.7. The molecule has 0 unspecified atom stereocenters. The Bertz CT molecular complexity index is 925. The van der Waals surface area contributed by atoms with Crippen LogP contribution < -0.4 is 5.32 Å². The Morgan fingerprint density at radius 3 is 2.31 bits per heavy atom. The first-order chi connectivity index (χ1) is 12.5. The highest BCUT2D eigenvalue weighted by Gasteiger charge is 2.09. The standard InChI is InChI=1S/C22H22N2O2/c1-24(2)22(26)18-12-10-16(11-13-18)15-23-21(25)14-19-8-5-7-17-6-3-4-9-20(17)19/h3-13H,14-15H2,1-2H3,(H,23,25). The van der Waals surface area contributed by atoms with E-state index < -0.39 is 0 Å². The molecule has 4 nitrogen and oxygen atoms in total. The van der Waals surface area contributed by atoms with Crippen LogP contribution in [-0.4, -0.2) is 30.8 Å². The van der Waals surface area contributed by atoms with Gasteiger partial charge in [-0.3, -0.25) is 9.59 Å². The number of hydrogen-bond donors (Lipinski definition) is 1. The van der Waals surface area contributed by atoms with E-state index in [-0.39, 0.29) is 11.8 Å². The van der Waals surface area contributed by atoms with Crippen molar-refractivity contribution in [2.75, 3.05) is 14.1 Å². The van der Waals surface area contributed by atoms with Crippen molar-refractivity contribution in [3.63, 3.8) is 0 Å². The van der Waals surface area contributed by atoms with Gasteiger partial charge in [-0.1, -0.05) is 54.6 Å². The maximum Gasteiger partial charge on any atom is 0.253 e. The van der Waals surface area contributed by atoms with Crippen molar-refractivity contribution in [1.82, 2.24) is 10.2 Å². The molecule has 0 fully saturated rings. The fourth-order valence-electron chi connectivity index (χ4n) is 2.91. The quantitative estimate of drug-likeness (QED) is 0.770. The van der Waals surface area contributed by atoms with Crippen LogP contribution in [0.5, 0.6) is 0 Å². The molecule has 2 amide bonds. The third-order valence-corrected chi connectivity index (χ3v) is 4.33. The number of fused-ring (bicyclic) bond motifs is 1. The molecule has 0 aliphatic carbocycles. The minimum atomic E-state index is -0.0310. The van der Waals surface area contributed by atoms with E-state index >= 15 is 0 Å². The summed E-state index contributed by atoms with van der Waals surface area (Å²) in [7, 11) is 3.45. The molecule has 4 heteroatoms. The molecule has 0 aliphatic rings. The zero-order valence-electron chi connectivity index (χ0n) is 15.0. The Balaban J connectivity index is 1.61. The lowest BCUT2D eigenvalue weighted by Crippen LogP contribution is -2.25. The number of amides is 2. The number of benzene rings is 3. The van der Waals surface area contributed by atoms with Crippen molar-refractivity contribution in [3.8, 4) is 0 Å². The van der Waals surface area contributed by atoms with Gasteiger partial charge >= 0.3 is 0 Å². The molecule has 0 aliphatic heterocycles. The smallest absolute Gasteiger partial charge is 0.253 e. The Morgan fingerprint density at radius 1 is 0.885 bits per heavy atom. The van der Waals surface area contributed by atoms with E-state index in [9.17, 15) is 9.59 Å². The fourth-order valence-corrected chi connectivity index (χ4v) is 2.91. The van der Waals surface area contributed by atoms with Gasteiger partial charge in [0.05, 0.1) is 6.42 Å². The highest BCUT2D eigenvalue weighted by Crippen LogP contribution is 2.18. The summed E-state index contributed by atoms with van der Waals surface area (Å²) in [5.41, 5.74) is 2.62. The van der Waals surface area contributed by atoms with E-state index in [0.717, 1.165) is 21.9 Å². The van der Waals surface area contributed by atoms with Crippen LogP contribution in [0, 0.1) is 0 Å². The molecular formula is C22H22N2O2. The molecule has 0 heterocycles. The zero-order chi connectivity index (χ0) is 18.5. The first-order valence-electron chi connectivity index (χ1n) is 8.58. The van der Waals surface area contributed by atoms with Gasteiger partial charge in [0, 0.05) is 26.2 Å². The minimum Gasteiger partial charge on any atom is -0.352 e. The van der Waals surface area contributed by atoms with Gasteiger partial charge in [0.2, 0.25) is 5.91 Å². The van der Waals surface area contributed by atoms with E-state index in [2.05, 4.69) is 5.32 Å². The Morgan fingerprint density at radius 2 is 1.58 bits per heavy atom. The lowest BCUT2D eigenvalue weighted by atomic mass is 10.0. The molecule has 0 atom stereocenters. The second kappa shape index (κ2) is 7.83. The van der Waals surface area contributed by atoms with Crippen LogP contribution in [0.15, 0.2) is 66.7 Å². The predicted molar refractivity (Wildman–Crippen MR) is 104 cm³/mol. The maximum atomic E-state index is 12.3. The number of hydrogen-bond acceptors (Lipinski definition) is 2. The predicted octanol–water partition coefficient (Wildman–Crippen LogP) is 3.40. The normalized spacial score (nSPS) is 10.5. The number of nitrogens with one attached hydrogen (secondary N) is 1. The van der Waals surface area contributed by atoms with Gasteiger partial charge in [-0.15, -0.1) is 0 Å². The van der Waals surface area contributed by atoms with E-state index in [0.29, 0.717) is 18.5 Å². The fraction of sp³-hybridized carbons (Fsp3) is 0.182. The third-order valence-electron chi connectivity index (χ3n) is 4.33. The average molecular weight is 346 g/mol. The average Bonchev–Trinajstić information content (AvgIpc) is 2.66. The summed E-state index contributed by atoms with van der Waals surface area (Å²) in [5, 5.41) is 5.20. The lowest BCUT2D eigenvalue weighted by Gasteiger charge is -2.11. The summed E-state index contributed by atoms with van der Waals surface area (Å²) in [6, 6.07) is 21.4. The topological polar surface area (TPSA) is 49.4 Å². The molecule has 3 aromatic carbocycles. The van der Waals surface area contributed by atoms with Crippen molar-refractivity contribution in [2.24, 2.45) is 0 Å². The molecule has 0 saturated carbocycles. The molecule has 1 N–H and O–H groups in total. The molecule has 0 aromatic heterocycles. The minimum absolute atomic E-state index is 0.0187. The lowest BCUT2D eigenvalue weighted by molar-refractivity contribution is -0.120. The first-order valence-corrected chi connectivity index (χ1v) is 8.58. The SMILES string of the molecule is CN(C)C(=O)c1ccc(CNC(=O)Cc2cccc3ccccc23)cc1. The van der Waals surface area contributed by atoms with Gasteiger partial charge in [-0.05, 0) is 34.0 Å². The van der Waals surface area contributed by atoms with Gasteiger partial charge in [0.1, 0.15) is 0 Å². The summed E-state index contributed by atoms with van der Waals surface area (Å²) in [6.07, 6.45) is 0.346. The van der Waals surface area contributed by atoms with Gasteiger partial charge < -0.3 is 10.2 Å². The number of carbonyl (C=O) groups is 2. The van der Waals surface area contributed by atoms with Gasteiger partial charge in [0.15, 0.2) is 0 Å². The molecule has 132 valence electrons. The summed E-state index contributed by atoms with van der Waals surface area (Å²) in [4.78, 5) is 25.8. The summed E-state index contributed by atoms with van der Waals surface area (Å²) in [6.45, 7) is 0.444. The highest BCUT2D eigenvalue weighted by molar-refractivity contribution is 5.94.